The number of ether oxygens (including phenoxy) is 1. The Labute approximate surface area is 385 Å². The lowest BCUT2D eigenvalue weighted by Gasteiger charge is -2.34. The average molecular weight is 933 g/mol. The molecule has 4 aromatic heterocycles. The number of halogens is 1. The largest absolute Gasteiger partial charge is 0.438 e. The van der Waals surface area contributed by atoms with Gasteiger partial charge in [0.2, 0.25) is 0 Å². The molecule has 1 amide bonds. The summed E-state index contributed by atoms with van der Waals surface area (Å²) >= 11 is 0. The number of rotatable bonds is 13. The van der Waals surface area contributed by atoms with Crippen LogP contribution in [0.15, 0.2) is 87.2 Å². The van der Waals surface area contributed by atoms with Crippen LogP contribution in [0.25, 0.3) is 28.1 Å². The lowest BCUT2D eigenvalue weighted by molar-refractivity contribution is 0.0663. The minimum absolute atomic E-state index is 0.0161. The molecule has 0 spiro atoms. The first-order chi connectivity index (χ1) is 32.2. The highest BCUT2D eigenvalue weighted by Gasteiger charge is 2.59. The number of hydrogen-bond acceptors (Lipinski definition) is 10. The van der Waals surface area contributed by atoms with E-state index < -0.39 is 30.6 Å². The predicted molar refractivity (Wildman–Crippen MR) is 248 cm³/mol. The monoisotopic (exact) mass is 932 g/mol. The van der Waals surface area contributed by atoms with Crippen LogP contribution in [0.5, 0.6) is 0 Å². The van der Waals surface area contributed by atoms with E-state index in [1.54, 1.807) is 81.2 Å². The van der Waals surface area contributed by atoms with Crippen molar-refractivity contribution >= 4 is 24.4 Å². The Morgan fingerprint density at radius 1 is 0.940 bits per heavy atom. The van der Waals surface area contributed by atoms with Crippen molar-refractivity contribution in [3.63, 3.8) is 0 Å². The number of carbonyl (C=O) groups excluding carboxylic acids is 1. The summed E-state index contributed by atoms with van der Waals surface area (Å²) in [5.41, 5.74) is 5.31. The Bertz CT molecular complexity index is 3180. The van der Waals surface area contributed by atoms with Crippen molar-refractivity contribution in [2.45, 2.75) is 90.9 Å². The van der Waals surface area contributed by atoms with Crippen molar-refractivity contribution in [2.75, 3.05) is 33.0 Å². The summed E-state index contributed by atoms with van der Waals surface area (Å²) in [6, 6.07) is 18.3. The minimum Gasteiger partial charge on any atom is -0.381 e. The molecule has 0 radical (unpaired) electrons. The lowest BCUT2D eigenvalue weighted by Crippen LogP contribution is -2.41. The normalized spacial score (nSPS) is 19.9. The molecule has 7 aromatic rings. The maximum absolute atomic E-state index is 15.5. The van der Waals surface area contributed by atoms with Crippen molar-refractivity contribution in [1.82, 2.24) is 38.5 Å². The van der Waals surface area contributed by atoms with Gasteiger partial charge in [0.05, 0.1) is 42.5 Å². The fourth-order valence-electron chi connectivity index (χ4n) is 10.5. The van der Waals surface area contributed by atoms with Crippen LogP contribution in [0.3, 0.4) is 0 Å². The van der Waals surface area contributed by atoms with E-state index in [9.17, 15) is 14.2 Å². The summed E-state index contributed by atoms with van der Waals surface area (Å²) in [5, 5.41) is 10.2. The van der Waals surface area contributed by atoms with E-state index in [-0.39, 0.29) is 37.0 Å². The summed E-state index contributed by atoms with van der Waals surface area (Å²) in [6.07, 6.45) is 6.24. The van der Waals surface area contributed by atoms with E-state index in [4.69, 9.17) is 23.4 Å². The van der Waals surface area contributed by atoms with Crippen molar-refractivity contribution in [2.24, 2.45) is 5.92 Å². The molecule has 3 aliphatic rings. The molecule has 3 atom stereocenters. The molecule has 10 rings (SSSR count). The van der Waals surface area contributed by atoms with Crippen molar-refractivity contribution in [3.05, 3.63) is 145 Å². The molecule has 18 heteroatoms. The first-order valence-electron chi connectivity index (χ1n) is 23.0. The Morgan fingerprint density at radius 3 is 2.27 bits per heavy atom. The first kappa shape index (κ1) is 44.7. The Kier molecular flexibility index (Phi) is 11.5. The number of nitrogens with zero attached hydrogens (tertiary/aromatic N) is 7. The maximum Gasteiger partial charge on any atom is 0.438 e. The van der Waals surface area contributed by atoms with Crippen LogP contribution < -0.4 is 11.4 Å². The topological polar surface area (TPSA) is 174 Å². The second-order valence-electron chi connectivity index (χ2n) is 18.0. The molecule has 0 bridgehead atoms. The van der Waals surface area contributed by atoms with Crippen LogP contribution in [0.2, 0.25) is 0 Å². The molecule has 1 saturated carbocycles. The number of amides is 1. The third kappa shape index (κ3) is 7.65. The van der Waals surface area contributed by atoms with E-state index in [1.165, 1.54) is 14.7 Å². The molecule has 3 aromatic carbocycles. The van der Waals surface area contributed by atoms with E-state index in [2.05, 4.69) is 35.3 Å². The zero-order valence-electron chi connectivity index (χ0n) is 38.5. The molecule has 1 aliphatic carbocycles. The van der Waals surface area contributed by atoms with E-state index in [0.29, 0.717) is 89.6 Å². The van der Waals surface area contributed by atoms with E-state index >= 15 is 9.18 Å². The van der Waals surface area contributed by atoms with Gasteiger partial charge in [0, 0.05) is 55.0 Å². The van der Waals surface area contributed by atoms with E-state index in [1.807, 2.05) is 22.5 Å². The maximum atomic E-state index is 15.5. The van der Waals surface area contributed by atoms with Gasteiger partial charge in [-0.3, -0.25) is 28.0 Å². The van der Waals surface area contributed by atoms with Crippen molar-refractivity contribution in [3.8, 4) is 17.2 Å². The number of aromatic nitrogens is 7. The van der Waals surface area contributed by atoms with Gasteiger partial charge in [0.25, 0.3) is 5.91 Å². The first-order valence-corrected chi connectivity index (χ1v) is 24.8. The molecule has 6 heterocycles. The molecule has 3 unspecified atom stereocenters. The number of benzene rings is 3. The van der Waals surface area contributed by atoms with Crippen LogP contribution in [0.1, 0.15) is 109 Å². The van der Waals surface area contributed by atoms with Gasteiger partial charge in [0.1, 0.15) is 22.9 Å². The Balaban J connectivity index is 1.07. The standard InChI is InChI=1S/C49H54FN8O8P/c1-7-64-67(62,65-8-2)28-33-9-12-37(13-10-33)55-19-20-56(48(55)61)44-42-32(6)54(18-15-39(42)52-58(44)38-23-29(3)43(50)30(4)24-38)45(59)41-26-36-25-35(34-16-21-63-22-17-34)11-14-40(36)57(41)49(27-31(49)5)46-51-47(60)66-53-46/h9-14,19-20,23-26,31-32,34H,7-8,15-18,21-22,27-28H2,1-6H3,(H,51,53,60). The molecular weight excluding hydrogens is 879 g/mol. The number of aromatic amines is 1. The molecule has 67 heavy (non-hydrogen) atoms. The van der Waals surface area contributed by atoms with Gasteiger partial charge in [-0.1, -0.05) is 30.3 Å². The smallest absolute Gasteiger partial charge is 0.381 e. The van der Waals surface area contributed by atoms with Crippen LogP contribution in [0.4, 0.5) is 4.39 Å². The van der Waals surface area contributed by atoms with Gasteiger partial charge in [-0.05, 0) is 130 Å². The van der Waals surface area contributed by atoms with Crippen LogP contribution >= 0.6 is 7.60 Å². The van der Waals surface area contributed by atoms with Gasteiger partial charge < -0.3 is 23.3 Å². The molecule has 2 fully saturated rings. The van der Waals surface area contributed by atoms with Gasteiger partial charge in [0.15, 0.2) is 5.82 Å². The summed E-state index contributed by atoms with van der Waals surface area (Å²) < 4.78 is 56.9. The third-order valence-electron chi connectivity index (χ3n) is 13.9. The zero-order chi connectivity index (χ0) is 46.9. The number of aryl methyl sites for hydroxylation is 2. The lowest BCUT2D eigenvalue weighted by atomic mass is 9.91. The fourth-order valence-corrected chi connectivity index (χ4v) is 12.2. The summed E-state index contributed by atoms with van der Waals surface area (Å²) in [6.45, 7) is 13.1. The van der Waals surface area contributed by atoms with Crippen LogP contribution in [-0.4, -0.2) is 77.4 Å². The molecule has 2 aliphatic heterocycles. The molecule has 1 saturated heterocycles. The average Bonchev–Trinajstić information content (AvgIpc) is 3.81. The second kappa shape index (κ2) is 17.2. The highest BCUT2D eigenvalue weighted by atomic mass is 31.2. The number of fused-ring (bicyclic) bond motifs is 2. The predicted octanol–water partition coefficient (Wildman–Crippen LogP) is 8.40. The minimum atomic E-state index is -3.36. The van der Waals surface area contributed by atoms with Gasteiger partial charge in [-0.15, -0.1) is 0 Å². The summed E-state index contributed by atoms with van der Waals surface area (Å²) in [7, 11) is -3.36. The van der Waals surface area contributed by atoms with E-state index in [0.717, 1.165) is 29.3 Å². The highest BCUT2D eigenvalue weighted by Crippen LogP contribution is 2.56. The Hall–Kier alpha value is -6.13. The summed E-state index contributed by atoms with van der Waals surface area (Å²) in [4.78, 5) is 47.3. The van der Waals surface area contributed by atoms with Crippen molar-refractivity contribution in [1.29, 1.82) is 0 Å². The molecular formula is C49H54FN8O8P. The van der Waals surface area contributed by atoms with Gasteiger partial charge >= 0.3 is 19.0 Å². The van der Waals surface area contributed by atoms with Crippen LogP contribution in [-0.2, 0) is 36.5 Å². The number of nitrogens with one attached hydrogen (secondary N) is 1. The second-order valence-corrected chi connectivity index (χ2v) is 20.1. The third-order valence-corrected chi connectivity index (χ3v) is 15.9. The SMILES string of the molecule is CCOP(=O)(Cc1ccc(-n2ccn(-c3c4c(nn3-c3cc(C)c(F)c(C)c3)CCN(C(=O)c3cc5cc(C6CCOCC6)ccc5n3C3(c5noc(=O)[nH]5)CC3C)C4C)c2=O)cc1)OCC. The number of imidazole rings is 1. The van der Waals surface area contributed by atoms with Crippen LogP contribution in [0, 0.1) is 25.6 Å². The molecule has 16 nitrogen and oxygen atoms in total. The Morgan fingerprint density at radius 2 is 1.63 bits per heavy atom. The highest BCUT2D eigenvalue weighted by molar-refractivity contribution is 7.53. The fraction of sp³-hybridized carbons (Fsp3) is 0.408. The van der Waals surface area contributed by atoms with Gasteiger partial charge in [-0.2, -0.15) is 5.10 Å². The zero-order valence-corrected chi connectivity index (χ0v) is 39.3. The number of hydrogen-bond donors (Lipinski definition) is 1. The molecule has 350 valence electrons. The quantitative estimate of drug-likeness (QED) is 0.111. The number of carbonyl (C=O) groups is 1. The number of H-pyrrole nitrogens is 1. The van der Waals surface area contributed by atoms with Crippen molar-refractivity contribution < 1.29 is 32.1 Å². The molecule has 1 N–H and O–H groups in total. The van der Waals surface area contributed by atoms with Gasteiger partial charge in [-0.25, -0.2) is 18.7 Å². The summed E-state index contributed by atoms with van der Waals surface area (Å²) in [5.74, 6) is -0.0960.